The van der Waals surface area contributed by atoms with E-state index in [0.717, 1.165) is 6.42 Å². The molecule has 1 aromatic rings. The average molecular weight is 279 g/mol. The number of esters is 1. The Morgan fingerprint density at radius 2 is 2.05 bits per heavy atom. The molecule has 0 bridgehead atoms. The molecule has 0 spiro atoms. The van der Waals surface area contributed by atoms with Crippen molar-refractivity contribution < 1.29 is 18.7 Å². The minimum absolute atomic E-state index is 0.244. The normalized spacial score (nSPS) is 19.2. The molecule has 1 aliphatic heterocycles. The monoisotopic (exact) mass is 279 g/mol. The van der Waals surface area contributed by atoms with Crippen molar-refractivity contribution in [2.75, 3.05) is 6.54 Å². The number of likely N-dealkylation sites (tertiary alicyclic amines) is 1. The van der Waals surface area contributed by atoms with Crippen molar-refractivity contribution in [3.05, 3.63) is 23.7 Å². The number of carbonyl (C=O) groups excluding carboxylic acids is 2. The third-order valence-electron chi connectivity index (χ3n) is 3.14. The van der Waals surface area contributed by atoms with E-state index in [9.17, 15) is 9.59 Å². The minimum Gasteiger partial charge on any atom is -0.458 e. The Morgan fingerprint density at radius 1 is 1.35 bits per heavy atom. The van der Waals surface area contributed by atoms with E-state index in [1.54, 1.807) is 24.0 Å². The Morgan fingerprint density at radius 3 is 2.60 bits per heavy atom. The number of amides is 1. The van der Waals surface area contributed by atoms with E-state index < -0.39 is 11.6 Å². The second-order valence-electron chi connectivity index (χ2n) is 6.10. The number of ether oxygens (including phenoxy) is 1. The maximum absolute atomic E-state index is 12.4. The van der Waals surface area contributed by atoms with Crippen molar-refractivity contribution in [3.63, 3.8) is 0 Å². The summed E-state index contributed by atoms with van der Waals surface area (Å²) in [5.41, 5.74) is -0.546. The van der Waals surface area contributed by atoms with Gasteiger partial charge in [0, 0.05) is 6.54 Å². The summed E-state index contributed by atoms with van der Waals surface area (Å²) >= 11 is 0. The highest BCUT2D eigenvalue weighted by molar-refractivity contribution is 5.95. The average Bonchev–Trinajstić information content (AvgIpc) is 2.93. The van der Waals surface area contributed by atoms with Gasteiger partial charge in [0.25, 0.3) is 5.91 Å². The maximum atomic E-state index is 12.4. The number of aryl methyl sites for hydroxylation is 1. The van der Waals surface area contributed by atoms with Crippen LogP contribution in [0.3, 0.4) is 0 Å². The molecule has 1 saturated heterocycles. The third-order valence-corrected chi connectivity index (χ3v) is 3.14. The number of rotatable bonds is 2. The standard InChI is InChI=1S/C15H21NO4/c1-10-7-8-12(19-10)13(17)16-9-5-6-11(16)14(18)20-15(2,3)4/h7-8,11H,5-6,9H2,1-4H3/t11-/m1/s1. The highest BCUT2D eigenvalue weighted by Gasteiger charge is 2.38. The van der Waals surface area contributed by atoms with Crippen molar-refractivity contribution in [1.82, 2.24) is 4.90 Å². The van der Waals surface area contributed by atoms with E-state index >= 15 is 0 Å². The van der Waals surface area contributed by atoms with E-state index in [2.05, 4.69) is 0 Å². The summed E-state index contributed by atoms with van der Waals surface area (Å²) in [6.45, 7) is 7.81. The molecule has 0 aromatic carbocycles. The molecular formula is C15H21NO4. The predicted octanol–water partition coefficient (Wildman–Crippen LogP) is 2.53. The fourth-order valence-electron chi connectivity index (χ4n) is 2.32. The van der Waals surface area contributed by atoms with Gasteiger partial charge in [-0.05, 0) is 52.7 Å². The maximum Gasteiger partial charge on any atom is 0.329 e. The molecular weight excluding hydrogens is 258 g/mol. The van der Waals surface area contributed by atoms with Gasteiger partial charge < -0.3 is 14.1 Å². The lowest BCUT2D eigenvalue weighted by atomic mass is 10.1. The number of hydrogen-bond donors (Lipinski definition) is 0. The Kier molecular flexibility index (Phi) is 3.88. The van der Waals surface area contributed by atoms with Crippen LogP contribution in [0.15, 0.2) is 16.5 Å². The SMILES string of the molecule is Cc1ccc(C(=O)N2CCC[C@@H]2C(=O)OC(C)(C)C)o1. The van der Waals surface area contributed by atoms with Crippen molar-refractivity contribution in [3.8, 4) is 0 Å². The zero-order valence-corrected chi connectivity index (χ0v) is 12.4. The van der Waals surface area contributed by atoms with E-state index in [1.807, 2.05) is 20.8 Å². The van der Waals surface area contributed by atoms with Crippen molar-refractivity contribution in [2.45, 2.75) is 52.2 Å². The van der Waals surface area contributed by atoms with Crippen LogP contribution in [0.5, 0.6) is 0 Å². The van der Waals surface area contributed by atoms with Crippen LogP contribution in [-0.4, -0.2) is 35.0 Å². The number of hydrogen-bond acceptors (Lipinski definition) is 4. The summed E-state index contributed by atoms with van der Waals surface area (Å²) in [7, 11) is 0. The Hall–Kier alpha value is -1.78. The molecule has 5 nitrogen and oxygen atoms in total. The summed E-state index contributed by atoms with van der Waals surface area (Å²) in [4.78, 5) is 26.1. The van der Waals surface area contributed by atoms with E-state index in [1.165, 1.54) is 0 Å². The number of nitrogens with zero attached hydrogens (tertiary/aromatic N) is 1. The van der Waals surface area contributed by atoms with Crippen LogP contribution in [0.2, 0.25) is 0 Å². The molecule has 0 radical (unpaired) electrons. The zero-order chi connectivity index (χ0) is 14.9. The fraction of sp³-hybridized carbons (Fsp3) is 0.600. The lowest BCUT2D eigenvalue weighted by Gasteiger charge is -2.26. The zero-order valence-electron chi connectivity index (χ0n) is 12.4. The Balaban J connectivity index is 2.11. The van der Waals surface area contributed by atoms with Gasteiger partial charge in [-0.2, -0.15) is 0 Å². The van der Waals surface area contributed by atoms with Gasteiger partial charge in [0.1, 0.15) is 17.4 Å². The van der Waals surface area contributed by atoms with Crippen LogP contribution in [0, 0.1) is 6.92 Å². The highest BCUT2D eigenvalue weighted by Crippen LogP contribution is 2.23. The molecule has 2 heterocycles. The second-order valence-corrected chi connectivity index (χ2v) is 6.10. The Bertz CT molecular complexity index is 512. The molecule has 1 aromatic heterocycles. The molecule has 0 saturated carbocycles. The van der Waals surface area contributed by atoms with Gasteiger partial charge >= 0.3 is 5.97 Å². The number of furan rings is 1. The summed E-state index contributed by atoms with van der Waals surface area (Å²) < 4.78 is 10.7. The van der Waals surface area contributed by atoms with E-state index in [4.69, 9.17) is 9.15 Å². The summed E-state index contributed by atoms with van der Waals surface area (Å²) in [6.07, 6.45) is 1.44. The summed E-state index contributed by atoms with van der Waals surface area (Å²) in [6, 6.07) is 2.88. The van der Waals surface area contributed by atoms with Gasteiger partial charge in [0.2, 0.25) is 0 Å². The third kappa shape index (κ3) is 3.21. The van der Waals surface area contributed by atoms with Crippen LogP contribution >= 0.6 is 0 Å². The van der Waals surface area contributed by atoms with Crippen LogP contribution in [0.1, 0.15) is 49.9 Å². The lowest BCUT2D eigenvalue weighted by molar-refractivity contribution is -0.159. The van der Waals surface area contributed by atoms with Gasteiger partial charge in [-0.3, -0.25) is 4.79 Å². The second kappa shape index (κ2) is 5.31. The van der Waals surface area contributed by atoms with Crippen LogP contribution in [0.25, 0.3) is 0 Å². The first-order chi connectivity index (χ1) is 9.28. The van der Waals surface area contributed by atoms with E-state index in [-0.39, 0.29) is 17.6 Å². The molecule has 1 aliphatic rings. The van der Waals surface area contributed by atoms with E-state index in [0.29, 0.717) is 18.7 Å². The summed E-state index contributed by atoms with van der Waals surface area (Å²) in [5.74, 6) is 0.373. The topological polar surface area (TPSA) is 59.8 Å². The fourth-order valence-corrected chi connectivity index (χ4v) is 2.32. The largest absolute Gasteiger partial charge is 0.458 e. The van der Waals surface area contributed by atoms with Gasteiger partial charge in [-0.1, -0.05) is 0 Å². The van der Waals surface area contributed by atoms with Crippen molar-refractivity contribution in [1.29, 1.82) is 0 Å². The van der Waals surface area contributed by atoms with Crippen molar-refractivity contribution >= 4 is 11.9 Å². The van der Waals surface area contributed by atoms with Gasteiger partial charge in [0.15, 0.2) is 5.76 Å². The quantitative estimate of drug-likeness (QED) is 0.781. The first-order valence-electron chi connectivity index (χ1n) is 6.88. The highest BCUT2D eigenvalue weighted by atomic mass is 16.6. The predicted molar refractivity (Wildman–Crippen MR) is 73.3 cm³/mol. The molecule has 5 heteroatoms. The van der Waals surface area contributed by atoms with Crippen LogP contribution in [0.4, 0.5) is 0 Å². The number of carbonyl (C=O) groups is 2. The van der Waals surface area contributed by atoms with Gasteiger partial charge in [-0.25, -0.2) is 4.79 Å². The minimum atomic E-state index is -0.546. The van der Waals surface area contributed by atoms with Crippen LogP contribution < -0.4 is 0 Å². The molecule has 1 atom stereocenters. The lowest BCUT2D eigenvalue weighted by Crippen LogP contribution is -2.43. The smallest absolute Gasteiger partial charge is 0.329 e. The molecule has 1 amide bonds. The molecule has 0 aliphatic carbocycles. The summed E-state index contributed by atoms with van der Waals surface area (Å²) in [5, 5.41) is 0. The Labute approximate surface area is 118 Å². The van der Waals surface area contributed by atoms with Gasteiger partial charge in [0.05, 0.1) is 0 Å². The van der Waals surface area contributed by atoms with Crippen molar-refractivity contribution in [2.24, 2.45) is 0 Å². The first-order valence-corrected chi connectivity index (χ1v) is 6.88. The van der Waals surface area contributed by atoms with Gasteiger partial charge in [-0.15, -0.1) is 0 Å². The van der Waals surface area contributed by atoms with Crippen LogP contribution in [-0.2, 0) is 9.53 Å². The molecule has 0 N–H and O–H groups in total. The molecule has 2 rings (SSSR count). The molecule has 20 heavy (non-hydrogen) atoms. The molecule has 110 valence electrons. The first kappa shape index (κ1) is 14.6. The molecule has 0 unspecified atom stereocenters. The molecule has 1 fully saturated rings.